The van der Waals surface area contributed by atoms with Gasteiger partial charge in [-0.25, -0.2) is 12.8 Å². The predicted octanol–water partition coefficient (Wildman–Crippen LogP) is 5.39. The number of nitrogens with zero attached hydrogens (tertiary/aromatic N) is 3. The van der Waals surface area contributed by atoms with E-state index in [4.69, 9.17) is 4.52 Å². The Balaban J connectivity index is 1.38. The minimum atomic E-state index is -3.67. The molecular formula is C24H20FN3O3S2. The lowest BCUT2D eigenvalue weighted by molar-refractivity contribution is 0.433. The van der Waals surface area contributed by atoms with Gasteiger partial charge in [-0.1, -0.05) is 41.6 Å². The van der Waals surface area contributed by atoms with Gasteiger partial charge in [-0.3, -0.25) is 0 Å². The van der Waals surface area contributed by atoms with E-state index in [0.717, 1.165) is 11.1 Å². The minimum Gasteiger partial charge on any atom is -0.333 e. The van der Waals surface area contributed by atoms with Crippen molar-refractivity contribution in [3.05, 3.63) is 83.0 Å². The van der Waals surface area contributed by atoms with Crippen molar-refractivity contribution in [3.8, 4) is 22.2 Å². The van der Waals surface area contributed by atoms with Gasteiger partial charge in [0.1, 0.15) is 5.82 Å². The molecule has 1 aliphatic heterocycles. The van der Waals surface area contributed by atoms with Crippen molar-refractivity contribution in [2.75, 3.05) is 13.1 Å². The van der Waals surface area contributed by atoms with Crippen LogP contribution in [0, 0.1) is 12.7 Å². The second-order valence-electron chi connectivity index (χ2n) is 7.67. The van der Waals surface area contributed by atoms with Gasteiger partial charge in [0, 0.05) is 23.5 Å². The highest BCUT2D eigenvalue weighted by atomic mass is 32.2. The van der Waals surface area contributed by atoms with Crippen LogP contribution in [0.3, 0.4) is 0 Å². The number of sulfonamides is 1. The molecule has 0 unspecified atom stereocenters. The van der Waals surface area contributed by atoms with Crippen LogP contribution in [-0.4, -0.2) is 36.0 Å². The zero-order valence-electron chi connectivity index (χ0n) is 17.7. The van der Waals surface area contributed by atoms with Crippen molar-refractivity contribution in [1.82, 2.24) is 14.4 Å². The molecule has 5 rings (SSSR count). The van der Waals surface area contributed by atoms with Crippen LogP contribution in [0.2, 0.25) is 0 Å². The van der Waals surface area contributed by atoms with Gasteiger partial charge in [-0.2, -0.15) is 9.29 Å². The van der Waals surface area contributed by atoms with E-state index in [0.29, 0.717) is 40.7 Å². The molecule has 0 saturated carbocycles. The van der Waals surface area contributed by atoms with Crippen molar-refractivity contribution >= 4 is 26.9 Å². The van der Waals surface area contributed by atoms with Crippen LogP contribution in [0.15, 0.2) is 76.2 Å². The third kappa shape index (κ3) is 4.27. The fourth-order valence-corrected chi connectivity index (χ4v) is 6.65. The van der Waals surface area contributed by atoms with E-state index in [1.807, 2.05) is 36.4 Å². The molecule has 4 aromatic rings. The molecular weight excluding hydrogens is 461 g/mol. The van der Waals surface area contributed by atoms with Gasteiger partial charge in [0.2, 0.25) is 15.8 Å². The Bertz CT molecular complexity index is 1430. The van der Waals surface area contributed by atoms with Gasteiger partial charge in [-0.15, -0.1) is 11.3 Å². The van der Waals surface area contributed by atoms with Crippen LogP contribution in [0.5, 0.6) is 0 Å². The molecule has 0 fully saturated rings. The summed E-state index contributed by atoms with van der Waals surface area (Å²) < 4.78 is 46.7. The standard InChI is InChI=1S/C24H20FN3O3S2/c1-16-22(33(29,30)28-13-11-18(12-14-28)17-5-3-2-4-6-17)15-21(32-16)24-26-23(27-31-24)19-7-9-20(25)10-8-19/h2-11,15H,12-14H2,1H3. The largest absolute Gasteiger partial charge is 0.333 e. The van der Waals surface area contributed by atoms with Crippen molar-refractivity contribution in [3.63, 3.8) is 0 Å². The number of hydrogen-bond acceptors (Lipinski definition) is 6. The van der Waals surface area contributed by atoms with E-state index in [1.54, 1.807) is 25.1 Å². The molecule has 2 aromatic heterocycles. The van der Waals surface area contributed by atoms with Crippen LogP contribution < -0.4 is 0 Å². The number of halogens is 1. The first-order valence-corrected chi connectivity index (χ1v) is 12.6. The molecule has 0 amide bonds. The lowest BCUT2D eigenvalue weighted by Gasteiger charge is -2.26. The molecule has 3 heterocycles. The number of thiophene rings is 1. The zero-order valence-corrected chi connectivity index (χ0v) is 19.4. The molecule has 1 aliphatic rings. The van der Waals surface area contributed by atoms with Crippen molar-refractivity contribution < 1.29 is 17.3 Å². The summed E-state index contributed by atoms with van der Waals surface area (Å²) in [6.07, 6.45) is 2.63. The van der Waals surface area contributed by atoms with Gasteiger partial charge in [-0.05, 0) is 54.8 Å². The molecule has 0 radical (unpaired) electrons. The van der Waals surface area contributed by atoms with Gasteiger partial charge < -0.3 is 4.52 Å². The first-order chi connectivity index (χ1) is 15.9. The van der Waals surface area contributed by atoms with Crippen LogP contribution in [0.4, 0.5) is 4.39 Å². The van der Waals surface area contributed by atoms with Crippen LogP contribution >= 0.6 is 11.3 Å². The Kier molecular flexibility index (Phi) is 5.69. The highest BCUT2D eigenvalue weighted by Crippen LogP contribution is 2.36. The van der Waals surface area contributed by atoms with E-state index in [-0.39, 0.29) is 16.6 Å². The number of aromatic nitrogens is 2. The topological polar surface area (TPSA) is 76.3 Å². The lowest BCUT2D eigenvalue weighted by Crippen LogP contribution is -2.34. The average Bonchev–Trinajstić information content (AvgIpc) is 3.48. The molecule has 0 saturated heterocycles. The summed E-state index contributed by atoms with van der Waals surface area (Å²) in [5, 5.41) is 3.95. The highest BCUT2D eigenvalue weighted by molar-refractivity contribution is 7.89. The van der Waals surface area contributed by atoms with Gasteiger partial charge >= 0.3 is 0 Å². The van der Waals surface area contributed by atoms with E-state index >= 15 is 0 Å². The lowest BCUT2D eigenvalue weighted by atomic mass is 10.0. The fourth-order valence-electron chi connectivity index (χ4n) is 3.79. The molecule has 9 heteroatoms. The maximum atomic E-state index is 13.4. The quantitative estimate of drug-likeness (QED) is 0.382. The third-order valence-corrected chi connectivity index (χ3v) is 8.70. The van der Waals surface area contributed by atoms with E-state index in [9.17, 15) is 12.8 Å². The van der Waals surface area contributed by atoms with Crippen LogP contribution in [0.1, 0.15) is 16.9 Å². The summed E-state index contributed by atoms with van der Waals surface area (Å²) in [4.78, 5) is 5.85. The Labute approximate surface area is 195 Å². The van der Waals surface area contributed by atoms with E-state index in [2.05, 4.69) is 10.1 Å². The zero-order chi connectivity index (χ0) is 23.0. The van der Waals surface area contributed by atoms with Gasteiger partial charge in [0.15, 0.2) is 0 Å². The Morgan fingerprint density at radius 2 is 1.82 bits per heavy atom. The molecule has 0 spiro atoms. The second kappa shape index (κ2) is 8.66. The molecule has 0 atom stereocenters. The Morgan fingerprint density at radius 1 is 1.06 bits per heavy atom. The number of hydrogen-bond donors (Lipinski definition) is 0. The summed E-state index contributed by atoms with van der Waals surface area (Å²) in [5.74, 6) is 0.193. The molecule has 0 N–H and O–H groups in total. The number of rotatable bonds is 5. The van der Waals surface area contributed by atoms with Crippen molar-refractivity contribution in [2.24, 2.45) is 0 Å². The first kappa shape index (κ1) is 21.7. The van der Waals surface area contributed by atoms with Crippen molar-refractivity contribution in [2.45, 2.75) is 18.2 Å². The highest BCUT2D eigenvalue weighted by Gasteiger charge is 2.30. The summed E-state index contributed by atoms with van der Waals surface area (Å²) in [5.41, 5.74) is 2.89. The van der Waals surface area contributed by atoms with Gasteiger partial charge in [0.25, 0.3) is 5.89 Å². The molecule has 0 bridgehead atoms. The smallest absolute Gasteiger partial charge is 0.268 e. The minimum absolute atomic E-state index is 0.230. The summed E-state index contributed by atoms with van der Waals surface area (Å²) in [7, 11) is -3.67. The Morgan fingerprint density at radius 3 is 2.52 bits per heavy atom. The molecule has 0 aliphatic carbocycles. The monoisotopic (exact) mass is 481 g/mol. The van der Waals surface area contributed by atoms with E-state index < -0.39 is 10.0 Å². The molecule has 2 aromatic carbocycles. The molecule has 33 heavy (non-hydrogen) atoms. The predicted molar refractivity (Wildman–Crippen MR) is 126 cm³/mol. The summed E-state index contributed by atoms with van der Waals surface area (Å²) >= 11 is 1.29. The summed E-state index contributed by atoms with van der Waals surface area (Å²) in [6, 6.07) is 17.4. The van der Waals surface area contributed by atoms with E-state index in [1.165, 1.54) is 27.8 Å². The second-order valence-corrected chi connectivity index (χ2v) is 10.8. The SMILES string of the molecule is Cc1sc(-c2nc(-c3ccc(F)cc3)no2)cc1S(=O)(=O)N1CC=C(c2ccccc2)CC1. The third-order valence-electron chi connectivity index (χ3n) is 5.55. The molecule has 168 valence electrons. The van der Waals surface area contributed by atoms with Crippen LogP contribution in [0.25, 0.3) is 27.7 Å². The summed E-state index contributed by atoms with van der Waals surface area (Å²) in [6.45, 7) is 2.52. The Hall–Kier alpha value is -3.14. The van der Waals surface area contributed by atoms with Crippen LogP contribution in [-0.2, 0) is 10.0 Å². The first-order valence-electron chi connectivity index (χ1n) is 10.4. The normalized spacial score (nSPS) is 14.9. The fraction of sp³-hybridized carbons (Fsp3) is 0.167. The van der Waals surface area contributed by atoms with Gasteiger partial charge in [0.05, 0.1) is 9.77 Å². The van der Waals surface area contributed by atoms with Crippen molar-refractivity contribution in [1.29, 1.82) is 0 Å². The number of benzene rings is 2. The maximum absolute atomic E-state index is 13.4. The number of aryl methyl sites for hydroxylation is 1. The maximum Gasteiger partial charge on any atom is 0.268 e. The molecule has 6 nitrogen and oxygen atoms in total. The average molecular weight is 482 g/mol.